The quantitative estimate of drug-likeness (QED) is 0.717. The topological polar surface area (TPSA) is 70.2 Å². The van der Waals surface area contributed by atoms with E-state index in [2.05, 4.69) is 22.5 Å². The molecular weight excluding hydrogens is 290 g/mol. The zero-order chi connectivity index (χ0) is 16.5. The molecule has 0 radical (unpaired) electrons. The number of rotatable bonds is 6. The van der Waals surface area contributed by atoms with E-state index in [-0.39, 0.29) is 18.4 Å². The van der Waals surface area contributed by atoms with Crippen LogP contribution >= 0.6 is 0 Å². The van der Waals surface area contributed by atoms with E-state index in [0.717, 1.165) is 11.3 Å². The number of hydrogen-bond acceptors (Lipinski definition) is 2. The second kappa shape index (κ2) is 8.38. The Hall–Kier alpha value is -3.08. The monoisotopic (exact) mass is 309 g/mol. The summed E-state index contributed by atoms with van der Waals surface area (Å²) in [5, 5.41) is 8.17. The summed E-state index contributed by atoms with van der Waals surface area (Å²) in [6, 6.07) is 16.2. The van der Waals surface area contributed by atoms with Crippen molar-refractivity contribution in [1.29, 1.82) is 0 Å². The molecule has 0 fully saturated rings. The summed E-state index contributed by atoms with van der Waals surface area (Å²) < 4.78 is 0. The number of urea groups is 1. The van der Waals surface area contributed by atoms with Gasteiger partial charge in [-0.2, -0.15) is 0 Å². The minimum absolute atomic E-state index is 0.107. The molecule has 0 aliphatic carbocycles. The van der Waals surface area contributed by atoms with Crippen LogP contribution in [-0.4, -0.2) is 18.5 Å². The van der Waals surface area contributed by atoms with Gasteiger partial charge in [0.1, 0.15) is 0 Å². The number of nitrogens with one attached hydrogen (secondary N) is 3. The Bertz CT molecular complexity index is 684. The van der Waals surface area contributed by atoms with Crippen LogP contribution in [0.4, 0.5) is 16.2 Å². The average Bonchev–Trinajstić information content (AvgIpc) is 2.54. The highest BCUT2D eigenvalue weighted by molar-refractivity contribution is 5.93. The van der Waals surface area contributed by atoms with Gasteiger partial charge in [0, 0.05) is 17.9 Å². The molecule has 5 heteroatoms. The van der Waals surface area contributed by atoms with Crippen molar-refractivity contribution in [3.63, 3.8) is 0 Å². The van der Waals surface area contributed by atoms with E-state index in [1.807, 2.05) is 36.4 Å². The van der Waals surface area contributed by atoms with Gasteiger partial charge < -0.3 is 16.0 Å². The van der Waals surface area contributed by atoms with Gasteiger partial charge >= 0.3 is 6.03 Å². The summed E-state index contributed by atoms with van der Waals surface area (Å²) in [6.45, 7) is 3.93. The highest BCUT2D eigenvalue weighted by atomic mass is 16.2. The number of carbonyl (C=O) groups is 2. The molecular formula is C18H19N3O2. The van der Waals surface area contributed by atoms with E-state index >= 15 is 0 Å². The van der Waals surface area contributed by atoms with Gasteiger partial charge in [-0.3, -0.25) is 4.79 Å². The van der Waals surface area contributed by atoms with Gasteiger partial charge in [0.25, 0.3) is 0 Å². The Balaban J connectivity index is 1.92. The molecule has 0 bridgehead atoms. The first-order chi connectivity index (χ1) is 11.2. The zero-order valence-electron chi connectivity index (χ0n) is 12.7. The zero-order valence-corrected chi connectivity index (χ0v) is 12.7. The first-order valence-corrected chi connectivity index (χ1v) is 7.27. The van der Waals surface area contributed by atoms with Crippen molar-refractivity contribution < 1.29 is 9.59 Å². The summed E-state index contributed by atoms with van der Waals surface area (Å²) in [7, 11) is 0. The first kappa shape index (κ1) is 16.3. The summed E-state index contributed by atoms with van der Waals surface area (Å²) >= 11 is 0. The highest BCUT2D eigenvalue weighted by Gasteiger charge is 2.06. The Morgan fingerprint density at radius 1 is 0.957 bits per heavy atom. The minimum Gasteiger partial charge on any atom is -0.334 e. The fourth-order valence-electron chi connectivity index (χ4n) is 2.01. The van der Waals surface area contributed by atoms with Crippen molar-refractivity contribution in [3.8, 4) is 0 Å². The number of hydrogen-bond donors (Lipinski definition) is 3. The largest absolute Gasteiger partial charge is 0.334 e. The molecule has 5 nitrogen and oxygen atoms in total. The molecule has 3 amide bonds. The van der Waals surface area contributed by atoms with Gasteiger partial charge in [0.05, 0.1) is 6.42 Å². The molecule has 0 aliphatic rings. The third kappa shape index (κ3) is 5.67. The van der Waals surface area contributed by atoms with Gasteiger partial charge in [-0.25, -0.2) is 4.79 Å². The maximum atomic E-state index is 12.0. The van der Waals surface area contributed by atoms with E-state index in [9.17, 15) is 9.59 Å². The molecule has 118 valence electrons. The Morgan fingerprint density at radius 2 is 1.70 bits per heavy atom. The van der Waals surface area contributed by atoms with E-state index in [0.29, 0.717) is 12.2 Å². The average molecular weight is 309 g/mol. The van der Waals surface area contributed by atoms with Crippen LogP contribution in [0.2, 0.25) is 0 Å². The van der Waals surface area contributed by atoms with Crippen molar-refractivity contribution in [2.75, 3.05) is 17.2 Å². The third-order valence-corrected chi connectivity index (χ3v) is 3.01. The number of amides is 3. The highest BCUT2D eigenvalue weighted by Crippen LogP contribution is 2.12. The van der Waals surface area contributed by atoms with Crippen LogP contribution in [0.5, 0.6) is 0 Å². The van der Waals surface area contributed by atoms with E-state index in [1.54, 1.807) is 24.3 Å². The van der Waals surface area contributed by atoms with Crippen molar-refractivity contribution in [3.05, 3.63) is 72.8 Å². The van der Waals surface area contributed by atoms with Crippen LogP contribution in [0.15, 0.2) is 67.3 Å². The van der Waals surface area contributed by atoms with Crippen molar-refractivity contribution in [2.24, 2.45) is 0 Å². The standard InChI is InChI=1S/C18H19N3O2/c1-2-11-19-18(23)21-16-10-6-7-14(12-16)13-17(22)20-15-8-4-3-5-9-15/h2-10,12H,1,11,13H2,(H,20,22)(H2,19,21,23). The number of anilines is 2. The molecule has 0 atom stereocenters. The molecule has 0 aromatic heterocycles. The Labute approximate surface area is 135 Å². The lowest BCUT2D eigenvalue weighted by molar-refractivity contribution is -0.115. The van der Waals surface area contributed by atoms with Crippen LogP contribution < -0.4 is 16.0 Å². The Morgan fingerprint density at radius 3 is 2.43 bits per heavy atom. The Kier molecular flexibility index (Phi) is 5.94. The molecule has 0 unspecified atom stereocenters. The predicted molar refractivity (Wildman–Crippen MR) is 92.4 cm³/mol. The predicted octanol–water partition coefficient (Wildman–Crippen LogP) is 3.18. The van der Waals surface area contributed by atoms with Gasteiger partial charge in [-0.15, -0.1) is 6.58 Å². The molecule has 0 saturated heterocycles. The fourth-order valence-corrected chi connectivity index (χ4v) is 2.01. The molecule has 2 aromatic carbocycles. The van der Waals surface area contributed by atoms with Crippen LogP contribution in [0.3, 0.4) is 0 Å². The van der Waals surface area contributed by atoms with Gasteiger partial charge in [0.2, 0.25) is 5.91 Å². The van der Waals surface area contributed by atoms with Gasteiger partial charge in [0.15, 0.2) is 0 Å². The first-order valence-electron chi connectivity index (χ1n) is 7.27. The van der Waals surface area contributed by atoms with E-state index in [4.69, 9.17) is 0 Å². The molecule has 0 heterocycles. The van der Waals surface area contributed by atoms with Crippen LogP contribution in [0, 0.1) is 0 Å². The maximum absolute atomic E-state index is 12.0. The minimum atomic E-state index is -0.309. The molecule has 0 aliphatic heterocycles. The second-order valence-corrected chi connectivity index (χ2v) is 4.92. The van der Waals surface area contributed by atoms with E-state index in [1.165, 1.54) is 0 Å². The van der Waals surface area contributed by atoms with Crippen molar-refractivity contribution in [1.82, 2.24) is 5.32 Å². The van der Waals surface area contributed by atoms with Crippen molar-refractivity contribution in [2.45, 2.75) is 6.42 Å². The second-order valence-electron chi connectivity index (χ2n) is 4.92. The number of para-hydroxylation sites is 1. The number of carbonyl (C=O) groups excluding carboxylic acids is 2. The maximum Gasteiger partial charge on any atom is 0.319 e. The van der Waals surface area contributed by atoms with Crippen LogP contribution in [0.1, 0.15) is 5.56 Å². The molecule has 0 spiro atoms. The van der Waals surface area contributed by atoms with Gasteiger partial charge in [-0.1, -0.05) is 36.4 Å². The summed E-state index contributed by atoms with van der Waals surface area (Å²) in [6.07, 6.45) is 1.84. The normalized spacial score (nSPS) is 9.74. The molecule has 23 heavy (non-hydrogen) atoms. The van der Waals surface area contributed by atoms with Crippen LogP contribution in [0.25, 0.3) is 0 Å². The lowest BCUT2D eigenvalue weighted by Gasteiger charge is -2.08. The number of benzene rings is 2. The summed E-state index contributed by atoms with van der Waals surface area (Å²) in [4.78, 5) is 23.6. The fraction of sp³-hybridized carbons (Fsp3) is 0.111. The lowest BCUT2D eigenvalue weighted by Crippen LogP contribution is -2.28. The molecule has 2 rings (SSSR count). The smallest absolute Gasteiger partial charge is 0.319 e. The molecule has 0 saturated carbocycles. The third-order valence-electron chi connectivity index (χ3n) is 3.01. The van der Waals surface area contributed by atoms with Crippen molar-refractivity contribution >= 4 is 23.3 Å². The molecule has 3 N–H and O–H groups in total. The summed E-state index contributed by atoms with van der Waals surface area (Å²) in [5.74, 6) is -0.107. The lowest BCUT2D eigenvalue weighted by atomic mass is 10.1. The SMILES string of the molecule is C=CCNC(=O)Nc1cccc(CC(=O)Nc2ccccc2)c1. The van der Waals surface area contributed by atoms with Gasteiger partial charge in [-0.05, 0) is 29.8 Å². The molecule has 2 aromatic rings. The van der Waals surface area contributed by atoms with E-state index < -0.39 is 0 Å². The summed E-state index contributed by atoms with van der Waals surface area (Å²) in [5.41, 5.74) is 2.21. The van der Waals surface area contributed by atoms with Crippen LogP contribution in [-0.2, 0) is 11.2 Å².